The second kappa shape index (κ2) is 6.39. The van der Waals surface area contributed by atoms with Gasteiger partial charge in [-0.2, -0.15) is 0 Å². The number of phenolic OH excluding ortho intramolecular Hbond substituents is 1. The fourth-order valence-corrected chi connectivity index (χ4v) is 2.49. The maximum Gasteiger partial charge on any atom is 0.246 e. The number of aromatic hydroxyl groups is 1. The molecule has 1 N–H and O–H groups in total. The Balaban J connectivity index is 1.55. The normalized spacial score (nSPS) is 15.5. The van der Waals surface area contributed by atoms with Crippen molar-refractivity contribution in [2.24, 2.45) is 0 Å². The fourth-order valence-electron chi connectivity index (χ4n) is 2.49. The summed E-state index contributed by atoms with van der Waals surface area (Å²) in [6, 6.07) is 10.7. The van der Waals surface area contributed by atoms with Crippen LogP contribution in [0.25, 0.3) is 6.08 Å². The van der Waals surface area contributed by atoms with E-state index in [0.29, 0.717) is 18.8 Å². The molecule has 5 heteroatoms. The van der Waals surface area contributed by atoms with Crippen LogP contribution in [0.15, 0.2) is 53.2 Å². The van der Waals surface area contributed by atoms with Crippen molar-refractivity contribution in [1.82, 2.24) is 4.90 Å². The molecule has 1 aromatic carbocycles. The third-order valence-electron chi connectivity index (χ3n) is 3.74. The van der Waals surface area contributed by atoms with Gasteiger partial charge >= 0.3 is 0 Å². The van der Waals surface area contributed by atoms with Crippen LogP contribution in [0.3, 0.4) is 0 Å². The number of hydrogen-bond acceptors (Lipinski definition) is 4. The summed E-state index contributed by atoms with van der Waals surface area (Å²) in [5.74, 6) is 0.943. The number of piperazine rings is 1. The van der Waals surface area contributed by atoms with Gasteiger partial charge in [-0.25, -0.2) is 0 Å². The Morgan fingerprint density at radius 1 is 1.09 bits per heavy atom. The van der Waals surface area contributed by atoms with Crippen molar-refractivity contribution in [2.75, 3.05) is 31.1 Å². The highest BCUT2D eigenvalue weighted by molar-refractivity contribution is 5.91. The summed E-state index contributed by atoms with van der Waals surface area (Å²) in [4.78, 5) is 16.2. The molecule has 3 rings (SSSR count). The number of benzene rings is 1. The van der Waals surface area contributed by atoms with E-state index in [9.17, 15) is 9.90 Å². The lowest BCUT2D eigenvalue weighted by Gasteiger charge is -2.35. The van der Waals surface area contributed by atoms with Gasteiger partial charge in [0, 0.05) is 37.9 Å². The van der Waals surface area contributed by atoms with E-state index in [1.54, 1.807) is 36.6 Å². The number of rotatable bonds is 3. The zero-order chi connectivity index (χ0) is 15.4. The average molecular weight is 298 g/mol. The van der Waals surface area contributed by atoms with Gasteiger partial charge in [-0.05, 0) is 42.5 Å². The molecule has 0 radical (unpaired) electrons. The molecule has 5 nitrogen and oxygen atoms in total. The molecule has 1 aliphatic rings. The summed E-state index contributed by atoms with van der Waals surface area (Å²) < 4.78 is 5.17. The minimum atomic E-state index is 0.00163. The molecule has 114 valence electrons. The molecule has 0 aliphatic carbocycles. The molecule has 1 aromatic heterocycles. The van der Waals surface area contributed by atoms with E-state index in [2.05, 4.69) is 4.90 Å². The van der Waals surface area contributed by atoms with Crippen LogP contribution in [0.2, 0.25) is 0 Å². The Hall–Kier alpha value is -2.69. The van der Waals surface area contributed by atoms with Crippen LogP contribution >= 0.6 is 0 Å². The molecule has 1 fully saturated rings. The Morgan fingerprint density at radius 3 is 2.45 bits per heavy atom. The number of hydrogen-bond donors (Lipinski definition) is 1. The summed E-state index contributed by atoms with van der Waals surface area (Å²) in [6.45, 7) is 2.93. The molecule has 1 saturated heterocycles. The zero-order valence-electron chi connectivity index (χ0n) is 12.2. The van der Waals surface area contributed by atoms with Crippen LogP contribution in [0.4, 0.5) is 5.69 Å². The maximum absolute atomic E-state index is 12.1. The first-order valence-corrected chi connectivity index (χ1v) is 7.27. The van der Waals surface area contributed by atoms with Gasteiger partial charge in [0.1, 0.15) is 11.5 Å². The van der Waals surface area contributed by atoms with Crippen LogP contribution < -0.4 is 4.90 Å². The van der Waals surface area contributed by atoms with Gasteiger partial charge in [0.15, 0.2) is 0 Å². The van der Waals surface area contributed by atoms with Crippen LogP contribution in [0.5, 0.6) is 5.75 Å². The van der Waals surface area contributed by atoms with Crippen molar-refractivity contribution >= 4 is 17.7 Å². The van der Waals surface area contributed by atoms with E-state index in [-0.39, 0.29) is 11.7 Å². The second-order valence-electron chi connectivity index (χ2n) is 5.18. The fraction of sp³-hybridized carbons (Fsp3) is 0.235. The van der Waals surface area contributed by atoms with Crippen LogP contribution in [0.1, 0.15) is 5.76 Å². The third kappa shape index (κ3) is 3.31. The zero-order valence-corrected chi connectivity index (χ0v) is 12.2. The number of carbonyl (C=O) groups excluding carboxylic acids is 1. The molecule has 0 atom stereocenters. The summed E-state index contributed by atoms with van der Waals surface area (Å²) in [6.07, 6.45) is 4.82. The van der Waals surface area contributed by atoms with Gasteiger partial charge in [-0.1, -0.05) is 0 Å². The van der Waals surface area contributed by atoms with Crippen molar-refractivity contribution < 1.29 is 14.3 Å². The molecule has 0 spiro atoms. The lowest BCUT2D eigenvalue weighted by atomic mass is 10.2. The van der Waals surface area contributed by atoms with E-state index in [1.165, 1.54) is 0 Å². The maximum atomic E-state index is 12.1. The molecule has 1 aliphatic heterocycles. The first-order valence-electron chi connectivity index (χ1n) is 7.27. The van der Waals surface area contributed by atoms with Crippen molar-refractivity contribution in [1.29, 1.82) is 0 Å². The van der Waals surface area contributed by atoms with Gasteiger partial charge in [-0.15, -0.1) is 0 Å². The lowest BCUT2D eigenvalue weighted by molar-refractivity contribution is -0.126. The molecule has 2 aromatic rings. The average Bonchev–Trinajstić information content (AvgIpc) is 3.07. The highest BCUT2D eigenvalue weighted by Gasteiger charge is 2.19. The van der Waals surface area contributed by atoms with E-state index in [1.807, 2.05) is 23.1 Å². The molecule has 0 saturated carbocycles. The first-order chi connectivity index (χ1) is 10.7. The van der Waals surface area contributed by atoms with Crippen LogP contribution in [0, 0.1) is 0 Å². The highest BCUT2D eigenvalue weighted by atomic mass is 16.3. The summed E-state index contributed by atoms with van der Waals surface area (Å²) in [5, 5.41) is 9.32. The summed E-state index contributed by atoms with van der Waals surface area (Å²) in [7, 11) is 0. The summed E-state index contributed by atoms with van der Waals surface area (Å²) in [5.41, 5.74) is 1.07. The monoisotopic (exact) mass is 298 g/mol. The Bertz CT molecular complexity index is 639. The van der Waals surface area contributed by atoms with Crippen LogP contribution in [-0.2, 0) is 4.79 Å². The van der Waals surface area contributed by atoms with E-state index in [4.69, 9.17) is 4.42 Å². The number of amides is 1. The number of phenols is 1. The Kier molecular flexibility index (Phi) is 4.14. The topological polar surface area (TPSA) is 56.9 Å². The lowest BCUT2D eigenvalue weighted by Crippen LogP contribution is -2.48. The van der Waals surface area contributed by atoms with E-state index >= 15 is 0 Å². The molecular weight excluding hydrogens is 280 g/mol. The largest absolute Gasteiger partial charge is 0.508 e. The minimum Gasteiger partial charge on any atom is -0.508 e. The standard InChI is InChI=1S/C17H18N2O3/c20-15-5-3-14(4-6-15)18-9-11-19(12-10-18)17(21)8-7-16-2-1-13-22-16/h1-8,13,20H,9-12H2/b8-7+. The first kappa shape index (κ1) is 14.3. The highest BCUT2D eigenvalue weighted by Crippen LogP contribution is 2.19. The molecule has 2 heterocycles. The third-order valence-corrected chi connectivity index (χ3v) is 3.74. The molecule has 0 unspecified atom stereocenters. The van der Waals surface area contributed by atoms with Crippen molar-refractivity contribution in [2.45, 2.75) is 0 Å². The van der Waals surface area contributed by atoms with E-state index in [0.717, 1.165) is 18.8 Å². The molecule has 1 amide bonds. The molecular formula is C17H18N2O3. The van der Waals surface area contributed by atoms with Gasteiger partial charge in [0.25, 0.3) is 0 Å². The number of nitrogens with zero attached hydrogens (tertiary/aromatic N) is 2. The molecule has 22 heavy (non-hydrogen) atoms. The van der Waals surface area contributed by atoms with Gasteiger partial charge in [0.05, 0.1) is 6.26 Å². The predicted octanol–water partition coefficient (Wildman–Crippen LogP) is 2.35. The molecule has 0 bridgehead atoms. The predicted molar refractivity (Wildman–Crippen MR) is 84.6 cm³/mol. The van der Waals surface area contributed by atoms with E-state index < -0.39 is 0 Å². The van der Waals surface area contributed by atoms with Gasteiger partial charge in [0.2, 0.25) is 5.91 Å². The number of anilines is 1. The quantitative estimate of drug-likeness (QED) is 0.884. The smallest absolute Gasteiger partial charge is 0.246 e. The number of furan rings is 1. The Labute approximate surface area is 129 Å². The second-order valence-corrected chi connectivity index (χ2v) is 5.18. The van der Waals surface area contributed by atoms with Gasteiger partial charge in [-0.3, -0.25) is 4.79 Å². The van der Waals surface area contributed by atoms with Crippen molar-refractivity contribution in [3.8, 4) is 5.75 Å². The van der Waals surface area contributed by atoms with Gasteiger partial charge < -0.3 is 19.3 Å². The minimum absolute atomic E-state index is 0.00163. The SMILES string of the molecule is O=C(/C=C/c1ccco1)N1CCN(c2ccc(O)cc2)CC1. The van der Waals surface area contributed by atoms with Crippen LogP contribution in [-0.4, -0.2) is 42.1 Å². The number of carbonyl (C=O) groups is 1. The van der Waals surface area contributed by atoms with Crippen molar-refractivity contribution in [3.63, 3.8) is 0 Å². The Morgan fingerprint density at radius 2 is 1.82 bits per heavy atom. The van der Waals surface area contributed by atoms with Crippen molar-refractivity contribution in [3.05, 3.63) is 54.5 Å². The summed E-state index contributed by atoms with van der Waals surface area (Å²) >= 11 is 0.